The van der Waals surface area contributed by atoms with E-state index in [0.29, 0.717) is 24.7 Å². The van der Waals surface area contributed by atoms with Crippen molar-refractivity contribution >= 4 is 23.4 Å². The number of amides is 1. The second kappa shape index (κ2) is 8.67. The molecule has 0 saturated carbocycles. The molecule has 0 saturated heterocycles. The van der Waals surface area contributed by atoms with Crippen LogP contribution < -0.4 is 16.4 Å². The summed E-state index contributed by atoms with van der Waals surface area (Å²) in [5.41, 5.74) is 5.05. The lowest BCUT2D eigenvalue weighted by molar-refractivity contribution is -0.141. The molecule has 146 valence electrons. The fourth-order valence-corrected chi connectivity index (χ4v) is 2.20. The standard InChI is InChI=1S/C17H21F3N6O/c1-26(2)8-4-7-22-16-23-13(17(18,19)20)10-14(25-16)24-15(27)11-5-3-6-12(21)9-11/h3,5-6,9-10H,4,7-8,21H2,1-2H3,(H2,22,23,24,25,27). The molecule has 1 heterocycles. The summed E-state index contributed by atoms with van der Waals surface area (Å²) in [5, 5.41) is 5.11. The molecule has 4 N–H and O–H groups in total. The van der Waals surface area contributed by atoms with E-state index in [1.54, 1.807) is 12.1 Å². The average molecular weight is 382 g/mol. The number of carbonyl (C=O) groups excluding carboxylic acids is 1. The lowest BCUT2D eigenvalue weighted by atomic mass is 10.2. The highest BCUT2D eigenvalue weighted by molar-refractivity contribution is 6.04. The minimum Gasteiger partial charge on any atom is -0.399 e. The highest BCUT2D eigenvalue weighted by atomic mass is 19.4. The minimum absolute atomic E-state index is 0.202. The van der Waals surface area contributed by atoms with Crippen molar-refractivity contribution in [2.45, 2.75) is 12.6 Å². The zero-order chi connectivity index (χ0) is 20.0. The third-order valence-electron chi connectivity index (χ3n) is 3.47. The third-order valence-corrected chi connectivity index (χ3v) is 3.47. The summed E-state index contributed by atoms with van der Waals surface area (Å²) in [4.78, 5) is 21.6. The Kier molecular flexibility index (Phi) is 6.56. The molecule has 10 heteroatoms. The van der Waals surface area contributed by atoms with Crippen LogP contribution in [0, 0.1) is 0 Å². The molecule has 1 amide bonds. The molecule has 0 fully saturated rings. The van der Waals surface area contributed by atoms with Crippen molar-refractivity contribution < 1.29 is 18.0 Å². The van der Waals surface area contributed by atoms with E-state index in [0.717, 1.165) is 6.54 Å². The maximum Gasteiger partial charge on any atom is 0.433 e. The van der Waals surface area contributed by atoms with Gasteiger partial charge in [0, 0.05) is 23.9 Å². The zero-order valence-electron chi connectivity index (χ0n) is 15.0. The van der Waals surface area contributed by atoms with Crippen molar-refractivity contribution in [1.29, 1.82) is 0 Å². The lowest BCUT2D eigenvalue weighted by Gasteiger charge is -2.13. The van der Waals surface area contributed by atoms with Gasteiger partial charge in [-0.1, -0.05) is 6.07 Å². The SMILES string of the molecule is CN(C)CCCNc1nc(NC(=O)c2cccc(N)c2)cc(C(F)(F)F)n1. The van der Waals surface area contributed by atoms with E-state index < -0.39 is 17.8 Å². The number of halogens is 3. The molecule has 0 bridgehead atoms. The van der Waals surface area contributed by atoms with Crippen LogP contribution in [-0.4, -0.2) is 48.0 Å². The molecule has 2 aromatic rings. The Morgan fingerprint density at radius 3 is 2.59 bits per heavy atom. The molecule has 0 aliphatic heterocycles. The number of hydrogen-bond acceptors (Lipinski definition) is 6. The van der Waals surface area contributed by atoms with Gasteiger partial charge in [-0.2, -0.15) is 18.2 Å². The molecule has 0 aliphatic carbocycles. The molecule has 2 rings (SSSR count). The van der Waals surface area contributed by atoms with Crippen molar-refractivity contribution in [1.82, 2.24) is 14.9 Å². The first-order chi connectivity index (χ1) is 12.6. The highest BCUT2D eigenvalue weighted by Gasteiger charge is 2.34. The number of aromatic nitrogens is 2. The first kappa shape index (κ1) is 20.4. The molecule has 1 aromatic heterocycles. The van der Waals surface area contributed by atoms with Crippen LogP contribution in [-0.2, 0) is 6.18 Å². The van der Waals surface area contributed by atoms with Crippen LogP contribution in [0.1, 0.15) is 22.5 Å². The van der Waals surface area contributed by atoms with E-state index in [4.69, 9.17) is 5.73 Å². The number of nitrogens with zero attached hydrogens (tertiary/aromatic N) is 3. The maximum absolute atomic E-state index is 13.1. The van der Waals surface area contributed by atoms with Crippen molar-refractivity contribution in [2.24, 2.45) is 0 Å². The molecular weight excluding hydrogens is 361 g/mol. The Hall–Kier alpha value is -2.88. The fraction of sp³-hybridized carbons (Fsp3) is 0.353. The number of nitrogens with one attached hydrogen (secondary N) is 2. The van der Waals surface area contributed by atoms with Crippen LogP contribution >= 0.6 is 0 Å². The zero-order valence-corrected chi connectivity index (χ0v) is 15.0. The monoisotopic (exact) mass is 382 g/mol. The Morgan fingerprint density at radius 2 is 1.96 bits per heavy atom. The molecule has 0 unspecified atom stereocenters. The molecule has 27 heavy (non-hydrogen) atoms. The highest BCUT2D eigenvalue weighted by Crippen LogP contribution is 2.29. The van der Waals surface area contributed by atoms with Gasteiger partial charge in [0.1, 0.15) is 5.82 Å². The van der Waals surface area contributed by atoms with Gasteiger partial charge in [0.05, 0.1) is 0 Å². The van der Waals surface area contributed by atoms with Crippen LogP contribution in [0.25, 0.3) is 0 Å². The predicted molar refractivity (Wildman–Crippen MR) is 97.5 cm³/mol. The molecule has 0 radical (unpaired) electrons. The summed E-state index contributed by atoms with van der Waals surface area (Å²) in [6, 6.07) is 6.77. The smallest absolute Gasteiger partial charge is 0.399 e. The topological polar surface area (TPSA) is 96.2 Å². The predicted octanol–water partition coefficient (Wildman–Crippen LogP) is 2.69. The summed E-state index contributed by atoms with van der Waals surface area (Å²) in [5.74, 6) is -1.07. The van der Waals surface area contributed by atoms with Gasteiger partial charge in [-0.25, -0.2) is 4.98 Å². The van der Waals surface area contributed by atoms with Crippen LogP contribution in [0.2, 0.25) is 0 Å². The first-order valence-electron chi connectivity index (χ1n) is 8.17. The van der Waals surface area contributed by atoms with E-state index >= 15 is 0 Å². The van der Waals surface area contributed by atoms with Crippen LogP contribution in [0.15, 0.2) is 30.3 Å². The Balaban J connectivity index is 2.18. The first-order valence-corrected chi connectivity index (χ1v) is 8.17. The van der Waals surface area contributed by atoms with Crippen LogP contribution in [0.4, 0.5) is 30.6 Å². The van der Waals surface area contributed by atoms with Crippen molar-refractivity contribution in [3.63, 3.8) is 0 Å². The third kappa shape index (κ3) is 6.41. The largest absolute Gasteiger partial charge is 0.433 e. The van der Waals surface area contributed by atoms with Crippen LogP contribution in [0.5, 0.6) is 0 Å². The lowest BCUT2D eigenvalue weighted by Crippen LogP contribution is -2.19. The van der Waals surface area contributed by atoms with Crippen LogP contribution in [0.3, 0.4) is 0 Å². The maximum atomic E-state index is 13.1. The quantitative estimate of drug-likeness (QED) is 0.503. The fourth-order valence-electron chi connectivity index (χ4n) is 2.20. The second-order valence-corrected chi connectivity index (χ2v) is 6.12. The molecule has 0 spiro atoms. The molecular formula is C17H21F3N6O. The van der Waals surface area contributed by atoms with E-state index in [-0.39, 0.29) is 17.3 Å². The van der Waals surface area contributed by atoms with Gasteiger partial charge < -0.3 is 21.3 Å². The minimum atomic E-state index is -4.67. The van der Waals surface area contributed by atoms with Gasteiger partial charge in [-0.3, -0.25) is 4.79 Å². The van der Waals surface area contributed by atoms with Gasteiger partial charge in [0.25, 0.3) is 5.91 Å². The van der Waals surface area contributed by atoms with E-state index in [2.05, 4.69) is 20.6 Å². The number of alkyl halides is 3. The molecule has 0 aliphatic rings. The molecule has 0 atom stereocenters. The number of nitrogens with two attached hydrogens (primary N) is 1. The summed E-state index contributed by atoms with van der Waals surface area (Å²) in [7, 11) is 3.79. The normalized spacial score (nSPS) is 11.5. The summed E-state index contributed by atoms with van der Waals surface area (Å²) in [6.07, 6.45) is -3.97. The number of carbonyl (C=O) groups is 1. The summed E-state index contributed by atoms with van der Waals surface area (Å²) < 4.78 is 39.3. The van der Waals surface area contributed by atoms with Gasteiger partial charge in [0.2, 0.25) is 5.95 Å². The number of hydrogen-bond donors (Lipinski definition) is 3. The average Bonchev–Trinajstić information content (AvgIpc) is 2.57. The van der Waals surface area contributed by atoms with Gasteiger partial charge >= 0.3 is 6.18 Å². The van der Waals surface area contributed by atoms with E-state index in [1.807, 2.05) is 19.0 Å². The van der Waals surface area contributed by atoms with Gasteiger partial charge in [-0.15, -0.1) is 0 Å². The Morgan fingerprint density at radius 1 is 1.22 bits per heavy atom. The molecule has 7 nitrogen and oxygen atoms in total. The van der Waals surface area contributed by atoms with Gasteiger partial charge in [0.15, 0.2) is 5.69 Å². The van der Waals surface area contributed by atoms with E-state index in [1.165, 1.54) is 12.1 Å². The number of anilines is 3. The van der Waals surface area contributed by atoms with Gasteiger partial charge in [-0.05, 0) is 45.3 Å². The van der Waals surface area contributed by atoms with Crippen molar-refractivity contribution in [3.8, 4) is 0 Å². The Bertz CT molecular complexity index is 794. The summed E-state index contributed by atoms with van der Waals surface area (Å²) >= 11 is 0. The Labute approximate surface area is 154 Å². The molecule has 1 aromatic carbocycles. The number of rotatable bonds is 7. The second-order valence-electron chi connectivity index (χ2n) is 6.12. The number of nitrogen functional groups attached to an aromatic ring is 1. The van der Waals surface area contributed by atoms with Crippen molar-refractivity contribution in [3.05, 3.63) is 41.6 Å². The van der Waals surface area contributed by atoms with Crippen molar-refractivity contribution in [2.75, 3.05) is 43.6 Å². The number of benzene rings is 1. The summed E-state index contributed by atoms with van der Waals surface area (Å²) in [6.45, 7) is 1.15. The van der Waals surface area contributed by atoms with E-state index in [9.17, 15) is 18.0 Å².